The standard InChI is InChI=1S/C14H23NOS/c1-3-16-10-9-15(2)11-14(12-17)13-7-5-4-6-8-13/h4-8,14,17H,3,9-12H2,1-2H3. The third-order valence-corrected chi connectivity index (χ3v) is 3.29. The third-order valence-electron chi connectivity index (χ3n) is 2.84. The topological polar surface area (TPSA) is 12.5 Å². The number of rotatable bonds is 8. The SMILES string of the molecule is CCOCCN(C)CC(CS)c1ccccc1. The molecule has 1 atom stereocenters. The van der Waals surface area contributed by atoms with Crippen molar-refractivity contribution in [1.29, 1.82) is 0 Å². The summed E-state index contributed by atoms with van der Waals surface area (Å²) in [5.41, 5.74) is 1.37. The lowest BCUT2D eigenvalue weighted by atomic mass is 10.0. The van der Waals surface area contributed by atoms with E-state index in [1.165, 1.54) is 5.56 Å². The highest BCUT2D eigenvalue weighted by Crippen LogP contribution is 2.17. The number of likely N-dealkylation sites (N-methyl/N-ethyl adjacent to an activating group) is 1. The summed E-state index contributed by atoms with van der Waals surface area (Å²) < 4.78 is 5.36. The Bertz CT molecular complexity index is 292. The van der Waals surface area contributed by atoms with Gasteiger partial charge in [0.25, 0.3) is 0 Å². The Balaban J connectivity index is 2.41. The number of benzene rings is 1. The summed E-state index contributed by atoms with van der Waals surface area (Å²) in [4.78, 5) is 2.31. The van der Waals surface area contributed by atoms with Crippen molar-refractivity contribution in [1.82, 2.24) is 4.90 Å². The largest absolute Gasteiger partial charge is 0.380 e. The average Bonchev–Trinajstić information content (AvgIpc) is 2.37. The minimum atomic E-state index is 0.492. The fourth-order valence-electron chi connectivity index (χ4n) is 1.83. The Hall–Kier alpha value is -0.510. The molecule has 0 bridgehead atoms. The zero-order valence-electron chi connectivity index (χ0n) is 10.8. The van der Waals surface area contributed by atoms with Crippen LogP contribution in [0.1, 0.15) is 18.4 Å². The van der Waals surface area contributed by atoms with Crippen LogP contribution in [-0.4, -0.2) is 44.0 Å². The van der Waals surface area contributed by atoms with Crippen molar-refractivity contribution in [3.05, 3.63) is 35.9 Å². The minimum Gasteiger partial charge on any atom is -0.380 e. The molecule has 0 spiro atoms. The molecule has 0 aliphatic heterocycles. The van der Waals surface area contributed by atoms with E-state index < -0.39 is 0 Å². The van der Waals surface area contributed by atoms with Crippen LogP contribution in [0, 0.1) is 0 Å². The van der Waals surface area contributed by atoms with Crippen molar-refractivity contribution in [2.24, 2.45) is 0 Å². The molecule has 0 saturated heterocycles. The van der Waals surface area contributed by atoms with Gasteiger partial charge < -0.3 is 9.64 Å². The van der Waals surface area contributed by atoms with Gasteiger partial charge in [0.05, 0.1) is 6.61 Å². The van der Waals surface area contributed by atoms with Gasteiger partial charge in [0, 0.05) is 25.6 Å². The van der Waals surface area contributed by atoms with E-state index >= 15 is 0 Å². The Morgan fingerprint density at radius 1 is 1.29 bits per heavy atom. The Morgan fingerprint density at radius 3 is 2.59 bits per heavy atom. The van der Waals surface area contributed by atoms with E-state index in [9.17, 15) is 0 Å². The summed E-state index contributed by atoms with van der Waals surface area (Å²) in [6.07, 6.45) is 0. The van der Waals surface area contributed by atoms with Crippen molar-refractivity contribution in [3.8, 4) is 0 Å². The maximum atomic E-state index is 5.36. The Labute approximate surface area is 110 Å². The molecule has 2 nitrogen and oxygen atoms in total. The monoisotopic (exact) mass is 253 g/mol. The summed E-state index contributed by atoms with van der Waals surface area (Å²) in [7, 11) is 2.14. The summed E-state index contributed by atoms with van der Waals surface area (Å²) in [6, 6.07) is 10.6. The first-order valence-electron chi connectivity index (χ1n) is 6.20. The normalized spacial score (nSPS) is 12.9. The molecule has 0 aromatic heterocycles. The highest BCUT2D eigenvalue weighted by atomic mass is 32.1. The second-order valence-corrected chi connectivity index (χ2v) is 4.61. The lowest BCUT2D eigenvalue weighted by Crippen LogP contribution is -2.28. The highest BCUT2D eigenvalue weighted by molar-refractivity contribution is 7.80. The van der Waals surface area contributed by atoms with Crippen molar-refractivity contribution in [3.63, 3.8) is 0 Å². The van der Waals surface area contributed by atoms with Crippen LogP contribution in [-0.2, 0) is 4.74 Å². The molecule has 3 heteroatoms. The number of nitrogens with zero attached hydrogens (tertiary/aromatic N) is 1. The molecule has 96 valence electrons. The van der Waals surface area contributed by atoms with Crippen LogP contribution in [0.25, 0.3) is 0 Å². The van der Waals surface area contributed by atoms with Gasteiger partial charge in [-0.15, -0.1) is 0 Å². The zero-order valence-corrected chi connectivity index (χ0v) is 11.7. The third kappa shape index (κ3) is 5.57. The van der Waals surface area contributed by atoms with E-state index in [4.69, 9.17) is 4.74 Å². The fraction of sp³-hybridized carbons (Fsp3) is 0.571. The van der Waals surface area contributed by atoms with Gasteiger partial charge in [0.15, 0.2) is 0 Å². The van der Waals surface area contributed by atoms with Crippen molar-refractivity contribution >= 4 is 12.6 Å². The first-order valence-corrected chi connectivity index (χ1v) is 6.83. The molecule has 0 saturated carbocycles. The van der Waals surface area contributed by atoms with E-state index in [0.717, 1.165) is 32.1 Å². The van der Waals surface area contributed by atoms with E-state index in [-0.39, 0.29) is 0 Å². The molecule has 1 aromatic rings. The highest BCUT2D eigenvalue weighted by Gasteiger charge is 2.11. The predicted octanol–water partition coefficient (Wildman–Crippen LogP) is 2.67. The Kier molecular flexibility index (Phi) is 7.33. The average molecular weight is 253 g/mol. The molecule has 0 radical (unpaired) electrons. The molecule has 1 aromatic carbocycles. The maximum Gasteiger partial charge on any atom is 0.0593 e. The molecule has 0 aliphatic carbocycles. The van der Waals surface area contributed by atoms with Crippen LogP contribution in [0.5, 0.6) is 0 Å². The van der Waals surface area contributed by atoms with Gasteiger partial charge in [-0.2, -0.15) is 12.6 Å². The summed E-state index contributed by atoms with van der Waals surface area (Å²) >= 11 is 4.45. The fourth-order valence-corrected chi connectivity index (χ4v) is 2.15. The molecule has 0 fully saturated rings. The van der Waals surface area contributed by atoms with Crippen molar-refractivity contribution in [2.75, 3.05) is 39.1 Å². The quantitative estimate of drug-likeness (QED) is 0.565. The molecule has 17 heavy (non-hydrogen) atoms. The molecule has 1 rings (SSSR count). The molecule has 0 amide bonds. The minimum absolute atomic E-state index is 0.492. The van der Waals surface area contributed by atoms with Gasteiger partial charge in [-0.05, 0) is 25.3 Å². The van der Waals surface area contributed by atoms with Crippen LogP contribution in [0.2, 0.25) is 0 Å². The smallest absolute Gasteiger partial charge is 0.0593 e. The lowest BCUT2D eigenvalue weighted by Gasteiger charge is -2.23. The van der Waals surface area contributed by atoms with Gasteiger partial charge in [0.1, 0.15) is 0 Å². The van der Waals surface area contributed by atoms with Gasteiger partial charge in [-0.3, -0.25) is 0 Å². The van der Waals surface area contributed by atoms with E-state index in [1.54, 1.807) is 0 Å². The molecular formula is C14H23NOS. The van der Waals surface area contributed by atoms with Gasteiger partial charge in [0.2, 0.25) is 0 Å². The number of hydrogen-bond acceptors (Lipinski definition) is 3. The summed E-state index contributed by atoms with van der Waals surface area (Å²) in [5.74, 6) is 1.37. The first kappa shape index (κ1) is 14.6. The molecule has 0 heterocycles. The van der Waals surface area contributed by atoms with Crippen LogP contribution in [0.3, 0.4) is 0 Å². The maximum absolute atomic E-state index is 5.36. The molecule has 0 aliphatic rings. The van der Waals surface area contributed by atoms with Crippen LogP contribution >= 0.6 is 12.6 Å². The van der Waals surface area contributed by atoms with Gasteiger partial charge in [-0.1, -0.05) is 30.3 Å². The van der Waals surface area contributed by atoms with Crippen LogP contribution in [0.15, 0.2) is 30.3 Å². The number of hydrogen-bond donors (Lipinski definition) is 1. The molecular weight excluding hydrogens is 230 g/mol. The number of thiol groups is 1. The summed E-state index contributed by atoms with van der Waals surface area (Å²) in [5, 5.41) is 0. The second kappa shape index (κ2) is 8.56. The van der Waals surface area contributed by atoms with Crippen molar-refractivity contribution < 1.29 is 4.74 Å². The van der Waals surface area contributed by atoms with E-state index in [2.05, 4.69) is 54.9 Å². The van der Waals surface area contributed by atoms with E-state index in [0.29, 0.717) is 5.92 Å². The van der Waals surface area contributed by atoms with Gasteiger partial charge >= 0.3 is 0 Å². The van der Waals surface area contributed by atoms with Gasteiger partial charge in [-0.25, -0.2) is 0 Å². The van der Waals surface area contributed by atoms with Crippen LogP contribution < -0.4 is 0 Å². The molecule has 1 unspecified atom stereocenters. The first-order chi connectivity index (χ1) is 8.27. The summed E-state index contributed by atoms with van der Waals surface area (Å²) in [6.45, 7) is 5.63. The van der Waals surface area contributed by atoms with E-state index in [1.807, 2.05) is 6.92 Å². The number of ether oxygens (including phenoxy) is 1. The lowest BCUT2D eigenvalue weighted by molar-refractivity contribution is 0.121. The van der Waals surface area contributed by atoms with Crippen LogP contribution in [0.4, 0.5) is 0 Å². The Morgan fingerprint density at radius 2 is 2.00 bits per heavy atom. The molecule has 0 N–H and O–H groups in total. The van der Waals surface area contributed by atoms with Crippen molar-refractivity contribution in [2.45, 2.75) is 12.8 Å². The second-order valence-electron chi connectivity index (χ2n) is 4.25. The zero-order chi connectivity index (χ0) is 12.5. The predicted molar refractivity (Wildman–Crippen MR) is 77.0 cm³/mol.